The summed E-state index contributed by atoms with van der Waals surface area (Å²) in [7, 11) is 3.47. The van der Waals surface area contributed by atoms with Gasteiger partial charge in [0.15, 0.2) is 0 Å². The van der Waals surface area contributed by atoms with Crippen molar-refractivity contribution in [3.05, 3.63) is 47.3 Å². The predicted octanol–water partition coefficient (Wildman–Crippen LogP) is 2.01. The summed E-state index contributed by atoms with van der Waals surface area (Å²) in [5.74, 6) is 0.807. The van der Waals surface area contributed by atoms with E-state index >= 15 is 0 Å². The zero-order valence-corrected chi connectivity index (χ0v) is 10.9. The van der Waals surface area contributed by atoms with E-state index in [4.69, 9.17) is 4.74 Å². The molecule has 0 aliphatic rings. The SMILES string of the molecule is COc1ccc(C)cc1CC(O)c1ccnn1C. The molecule has 0 radical (unpaired) electrons. The van der Waals surface area contributed by atoms with Crippen LogP contribution in [0, 0.1) is 6.92 Å². The molecule has 0 saturated heterocycles. The van der Waals surface area contributed by atoms with Crippen molar-refractivity contribution in [2.45, 2.75) is 19.4 Å². The lowest BCUT2D eigenvalue weighted by Crippen LogP contribution is -2.08. The lowest BCUT2D eigenvalue weighted by atomic mass is 10.0. The van der Waals surface area contributed by atoms with Crippen LogP contribution in [0.15, 0.2) is 30.5 Å². The Balaban J connectivity index is 2.23. The van der Waals surface area contributed by atoms with Crippen LogP contribution in [-0.2, 0) is 13.5 Å². The number of aliphatic hydroxyl groups excluding tert-OH is 1. The fraction of sp³-hybridized carbons (Fsp3) is 0.357. The highest BCUT2D eigenvalue weighted by atomic mass is 16.5. The van der Waals surface area contributed by atoms with E-state index < -0.39 is 6.10 Å². The maximum absolute atomic E-state index is 10.2. The second-order valence-electron chi connectivity index (χ2n) is 4.41. The summed E-state index contributed by atoms with van der Waals surface area (Å²) in [6.07, 6.45) is 1.63. The zero-order valence-electron chi connectivity index (χ0n) is 10.9. The van der Waals surface area contributed by atoms with Crippen molar-refractivity contribution < 1.29 is 9.84 Å². The zero-order chi connectivity index (χ0) is 13.1. The third kappa shape index (κ3) is 2.54. The Morgan fingerprint density at radius 2 is 2.17 bits per heavy atom. The van der Waals surface area contributed by atoms with Gasteiger partial charge in [0.25, 0.3) is 0 Å². The van der Waals surface area contributed by atoms with Gasteiger partial charge in [-0.3, -0.25) is 4.68 Å². The summed E-state index contributed by atoms with van der Waals surface area (Å²) < 4.78 is 7.00. The molecule has 18 heavy (non-hydrogen) atoms. The Bertz CT molecular complexity index is 534. The number of hydrogen-bond donors (Lipinski definition) is 1. The van der Waals surface area contributed by atoms with E-state index in [-0.39, 0.29) is 0 Å². The molecule has 1 atom stereocenters. The van der Waals surface area contributed by atoms with Gasteiger partial charge in [0.05, 0.1) is 18.9 Å². The Morgan fingerprint density at radius 1 is 1.39 bits per heavy atom. The van der Waals surface area contributed by atoms with Gasteiger partial charge in [-0.05, 0) is 24.6 Å². The number of aromatic nitrogens is 2. The molecule has 4 heteroatoms. The van der Waals surface area contributed by atoms with Gasteiger partial charge in [-0.2, -0.15) is 5.10 Å². The van der Waals surface area contributed by atoms with Gasteiger partial charge in [0.1, 0.15) is 5.75 Å². The van der Waals surface area contributed by atoms with E-state index in [2.05, 4.69) is 5.10 Å². The van der Waals surface area contributed by atoms with E-state index in [0.29, 0.717) is 6.42 Å². The van der Waals surface area contributed by atoms with Crippen LogP contribution >= 0.6 is 0 Å². The first kappa shape index (κ1) is 12.6. The van der Waals surface area contributed by atoms with Crippen molar-refractivity contribution in [2.24, 2.45) is 7.05 Å². The van der Waals surface area contributed by atoms with Crippen molar-refractivity contribution in [2.75, 3.05) is 7.11 Å². The molecular formula is C14H18N2O2. The van der Waals surface area contributed by atoms with Gasteiger partial charge in [-0.25, -0.2) is 0 Å². The number of benzene rings is 1. The van der Waals surface area contributed by atoms with E-state index in [1.54, 1.807) is 18.0 Å². The predicted molar refractivity (Wildman–Crippen MR) is 69.6 cm³/mol. The van der Waals surface area contributed by atoms with Crippen molar-refractivity contribution in [3.8, 4) is 5.75 Å². The first-order valence-corrected chi connectivity index (χ1v) is 5.91. The van der Waals surface area contributed by atoms with Crippen LogP contribution in [-0.4, -0.2) is 22.0 Å². The number of ether oxygens (including phenoxy) is 1. The van der Waals surface area contributed by atoms with Crippen molar-refractivity contribution in [1.29, 1.82) is 0 Å². The molecule has 0 amide bonds. The Morgan fingerprint density at radius 3 is 2.78 bits per heavy atom. The average molecular weight is 246 g/mol. The number of aryl methyl sites for hydroxylation is 2. The smallest absolute Gasteiger partial charge is 0.122 e. The molecular weight excluding hydrogens is 228 g/mol. The van der Waals surface area contributed by atoms with E-state index in [1.807, 2.05) is 38.2 Å². The molecule has 0 aliphatic heterocycles. The maximum Gasteiger partial charge on any atom is 0.122 e. The fourth-order valence-corrected chi connectivity index (χ4v) is 2.09. The van der Waals surface area contributed by atoms with Gasteiger partial charge >= 0.3 is 0 Å². The van der Waals surface area contributed by atoms with Crippen LogP contribution in [0.5, 0.6) is 5.75 Å². The van der Waals surface area contributed by atoms with Gasteiger partial charge in [0, 0.05) is 19.7 Å². The van der Waals surface area contributed by atoms with Gasteiger partial charge in [-0.15, -0.1) is 0 Å². The molecule has 2 aromatic rings. The number of rotatable bonds is 4. The van der Waals surface area contributed by atoms with Crippen LogP contribution < -0.4 is 4.74 Å². The fourth-order valence-electron chi connectivity index (χ4n) is 2.09. The molecule has 0 fully saturated rings. The Labute approximate surface area is 107 Å². The molecule has 96 valence electrons. The molecule has 0 spiro atoms. The summed E-state index contributed by atoms with van der Waals surface area (Å²) in [5, 5.41) is 14.3. The highest BCUT2D eigenvalue weighted by Gasteiger charge is 2.14. The first-order chi connectivity index (χ1) is 8.61. The molecule has 2 rings (SSSR count). The molecule has 4 nitrogen and oxygen atoms in total. The molecule has 1 aromatic heterocycles. The number of nitrogens with zero attached hydrogens (tertiary/aromatic N) is 2. The topological polar surface area (TPSA) is 47.3 Å². The standard InChI is InChI=1S/C14H18N2O2/c1-10-4-5-14(18-3)11(8-10)9-13(17)12-6-7-15-16(12)2/h4-8,13,17H,9H2,1-3H3. The summed E-state index contributed by atoms with van der Waals surface area (Å²) in [6, 6.07) is 7.80. The van der Waals surface area contributed by atoms with Crippen LogP contribution in [0.2, 0.25) is 0 Å². The maximum atomic E-state index is 10.2. The summed E-state index contributed by atoms with van der Waals surface area (Å²) in [6.45, 7) is 2.03. The quantitative estimate of drug-likeness (QED) is 0.897. The Hall–Kier alpha value is -1.81. The first-order valence-electron chi connectivity index (χ1n) is 5.91. The monoisotopic (exact) mass is 246 g/mol. The van der Waals surface area contributed by atoms with Crippen LogP contribution in [0.4, 0.5) is 0 Å². The van der Waals surface area contributed by atoms with E-state index in [0.717, 1.165) is 22.6 Å². The van der Waals surface area contributed by atoms with Crippen molar-refractivity contribution in [1.82, 2.24) is 9.78 Å². The minimum Gasteiger partial charge on any atom is -0.496 e. The molecule has 1 aromatic carbocycles. The van der Waals surface area contributed by atoms with Crippen molar-refractivity contribution >= 4 is 0 Å². The number of hydrogen-bond acceptors (Lipinski definition) is 3. The minimum atomic E-state index is -0.576. The highest BCUT2D eigenvalue weighted by Crippen LogP contribution is 2.25. The van der Waals surface area contributed by atoms with Crippen LogP contribution in [0.3, 0.4) is 0 Å². The second-order valence-corrected chi connectivity index (χ2v) is 4.41. The van der Waals surface area contributed by atoms with Crippen molar-refractivity contribution in [3.63, 3.8) is 0 Å². The number of methoxy groups -OCH3 is 1. The molecule has 1 N–H and O–H groups in total. The lowest BCUT2D eigenvalue weighted by molar-refractivity contribution is 0.167. The van der Waals surface area contributed by atoms with Crippen LogP contribution in [0.25, 0.3) is 0 Å². The Kier molecular flexibility index (Phi) is 3.67. The van der Waals surface area contributed by atoms with Gasteiger partial charge in [0.2, 0.25) is 0 Å². The molecule has 1 unspecified atom stereocenters. The second kappa shape index (κ2) is 5.23. The molecule has 0 aliphatic carbocycles. The molecule has 0 saturated carbocycles. The molecule has 0 bridgehead atoms. The third-order valence-electron chi connectivity index (χ3n) is 3.05. The summed E-state index contributed by atoms with van der Waals surface area (Å²) in [4.78, 5) is 0. The van der Waals surface area contributed by atoms with Gasteiger partial charge < -0.3 is 9.84 Å². The molecule has 1 heterocycles. The largest absolute Gasteiger partial charge is 0.496 e. The van der Waals surface area contributed by atoms with Gasteiger partial charge in [-0.1, -0.05) is 17.7 Å². The highest BCUT2D eigenvalue weighted by molar-refractivity contribution is 5.37. The third-order valence-corrected chi connectivity index (χ3v) is 3.05. The minimum absolute atomic E-state index is 0.518. The summed E-state index contributed by atoms with van der Waals surface area (Å²) >= 11 is 0. The average Bonchev–Trinajstić information content (AvgIpc) is 2.76. The lowest BCUT2D eigenvalue weighted by Gasteiger charge is -2.14. The number of aliphatic hydroxyl groups is 1. The van der Waals surface area contributed by atoms with Crippen LogP contribution in [0.1, 0.15) is 22.9 Å². The normalized spacial score (nSPS) is 12.4. The summed E-state index contributed by atoms with van der Waals surface area (Å²) in [5.41, 5.74) is 2.97. The van der Waals surface area contributed by atoms with E-state index in [1.165, 1.54) is 0 Å². The van der Waals surface area contributed by atoms with E-state index in [9.17, 15) is 5.11 Å².